The molecule has 0 unspecified atom stereocenters. The second-order valence-corrected chi connectivity index (χ2v) is 5.36. The maximum absolute atomic E-state index is 10.3. The van der Waals surface area contributed by atoms with Crippen LogP contribution in [-0.2, 0) is 0 Å². The molecule has 17 heavy (non-hydrogen) atoms. The number of aryl methyl sites for hydroxylation is 2. The molecule has 3 aromatic rings. The quantitative estimate of drug-likeness (QED) is 0.627. The van der Waals surface area contributed by atoms with Gasteiger partial charge >= 0.3 is 0 Å². The highest BCUT2D eigenvalue weighted by Gasteiger charge is 2.11. The van der Waals surface area contributed by atoms with E-state index in [1.165, 1.54) is 22.5 Å². The molecule has 3 N–H and O–H groups in total. The lowest BCUT2D eigenvalue weighted by Crippen LogP contribution is -1.85. The predicted octanol–water partition coefficient (Wildman–Crippen LogP) is 3.96. The van der Waals surface area contributed by atoms with Crippen LogP contribution in [0.1, 0.15) is 11.1 Å². The molecule has 1 aromatic heterocycles. The van der Waals surface area contributed by atoms with E-state index in [-0.39, 0.29) is 0 Å². The molecule has 2 nitrogen and oxygen atoms in total. The first kappa shape index (κ1) is 10.4. The summed E-state index contributed by atoms with van der Waals surface area (Å²) in [7, 11) is 0. The van der Waals surface area contributed by atoms with Gasteiger partial charge in [0, 0.05) is 10.8 Å². The minimum atomic E-state index is 0.305. The Labute approximate surface area is 103 Å². The van der Waals surface area contributed by atoms with Crippen molar-refractivity contribution >= 4 is 37.9 Å². The number of hydrogen-bond acceptors (Lipinski definition) is 3. The van der Waals surface area contributed by atoms with E-state index in [2.05, 4.69) is 26.0 Å². The van der Waals surface area contributed by atoms with E-state index in [0.717, 1.165) is 21.5 Å². The van der Waals surface area contributed by atoms with E-state index in [0.29, 0.717) is 10.8 Å². The first-order chi connectivity index (χ1) is 8.08. The van der Waals surface area contributed by atoms with Crippen LogP contribution in [0.2, 0.25) is 0 Å². The van der Waals surface area contributed by atoms with E-state index in [9.17, 15) is 5.11 Å². The van der Waals surface area contributed by atoms with Gasteiger partial charge in [0.1, 0.15) is 5.75 Å². The van der Waals surface area contributed by atoms with Crippen LogP contribution in [0.15, 0.2) is 23.6 Å². The molecule has 3 heteroatoms. The third-order valence-corrected chi connectivity index (χ3v) is 4.15. The maximum atomic E-state index is 10.3. The molecule has 0 aliphatic carbocycles. The van der Waals surface area contributed by atoms with Crippen molar-refractivity contribution in [3.05, 3.63) is 34.7 Å². The maximum Gasteiger partial charge on any atom is 0.134 e. The molecule has 0 aliphatic rings. The summed E-state index contributed by atoms with van der Waals surface area (Å²) in [6.07, 6.45) is 0. The van der Waals surface area contributed by atoms with Gasteiger partial charge < -0.3 is 10.8 Å². The fraction of sp³-hybridized carbons (Fsp3) is 0.143. The van der Waals surface area contributed by atoms with Crippen molar-refractivity contribution in [2.75, 3.05) is 5.73 Å². The summed E-state index contributed by atoms with van der Waals surface area (Å²) >= 11 is 1.47. The van der Waals surface area contributed by atoms with Crippen LogP contribution < -0.4 is 5.73 Å². The number of fused-ring (bicyclic) bond motifs is 2. The Morgan fingerprint density at radius 2 is 1.76 bits per heavy atom. The Balaban J connectivity index is 2.57. The lowest BCUT2D eigenvalue weighted by Gasteiger charge is -2.07. The lowest BCUT2D eigenvalue weighted by molar-refractivity contribution is 0.488. The number of anilines is 1. The van der Waals surface area contributed by atoms with Crippen LogP contribution >= 0.6 is 11.3 Å². The van der Waals surface area contributed by atoms with Crippen molar-refractivity contribution in [1.82, 2.24) is 0 Å². The van der Waals surface area contributed by atoms with E-state index in [1.807, 2.05) is 11.4 Å². The van der Waals surface area contributed by atoms with Crippen molar-refractivity contribution in [3.8, 4) is 5.75 Å². The van der Waals surface area contributed by atoms with Gasteiger partial charge in [0.25, 0.3) is 0 Å². The largest absolute Gasteiger partial charge is 0.507 e. The Morgan fingerprint density at radius 1 is 1.06 bits per heavy atom. The highest BCUT2D eigenvalue weighted by atomic mass is 32.1. The van der Waals surface area contributed by atoms with E-state index in [4.69, 9.17) is 5.73 Å². The normalized spacial score (nSPS) is 11.4. The zero-order valence-corrected chi connectivity index (χ0v) is 10.6. The molecule has 2 aromatic carbocycles. The summed E-state index contributed by atoms with van der Waals surface area (Å²) in [5.74, 6) is 0.305. The minimum Gasteiger partial charge on any atom is -0.507 e. The molecule has 0 atom stereocenters. The summed E-state index contributed by atoms with van der Waals surface area (Å²) in [6.45, 7) is 4.13. The molecule has 0 saturated heterocycles. The van der Waals surface area contributed by atoms with Gasteiger partial charge in [0.15, 0.2) is 0 Å². The first-order valence-electron chi connectivity index (χ1n) is 5.47. The number of aromatic hydroxyl groups is 1. The number of nitrogens with two attached hydrogens (primary N) is 1. The number of benzene rings is 2. The Kier molecular flexibility index (Phi) is 2.07. The summed E-state index contributed by atoms with van der Waals surface area (Å²) in [5.41, 5.74) is 8.31. The summed E-state index contributed by atoms with van der Waals surface area (Å²) < 4.78 is 0. The molecule has 0 radical (unpaired) electrons. The first-order valence-corrected chi connectivity index (χ1v) is 6.35. The van der Waals surface area contributed by atoms with Gasteiger partial charge in [-0.2, -0.15) is 0 Å². The smallest absolute Gasteiger partial charge is 0.134 e. The zero-order valence-electron chi connectivity index (χ0n) is 9.74. The molecule has 1 heterocycles. The standard InChI is InChI=1S/C14H13NOS/c1-7-3-9-5-10-6-17-14(15)12(10)13(16)11(9)4-8(7)2/h3-6,16H,15H2,1-2H3. The fourth-order valence-corrected chi connectivity index (χ4v) is 2.98. The molecular formula is C14H13NOS. The highest BCUT2D eigenvalue weighted by molar-refractivity contribution is 7.15. The molecule has 86 valence electrons. The number of hydrogen-bond donors (Lipinski definition) is 2. The number of nitrogen functional groups attached to an aromatic ring is 1. The SMILES string of the molecule is Cc1cc2cc3csc(N)c3c(O)c2cc1C. The highest BCUT2D eigenvalue weighted by Crippen LogP contribution is 2.41. The number of rotatable bonds is 0. The van der Waals surface area contributed by atoms with Crippen molar-refractivity contribution in [2.24, 2.45) is 0 Å². The van der Waals surface area contributed by atoms with Gasteiger partial charge in [-0.15, -0.1) is 11.3 Å². The number of thiophene rings is 1. The molecule has 0 amide bonds. The van der Waals surface area contributed by atoms with Gasteiger partial charge in [-0.25, -0.2) is 0 Å². The predicted molar refractivity (Wildman–Crippen MR) is 74.9 cm³/mol. The van der Waals surface area contributed by atoms with Crippen LogP contribution in [-0.4, -0.2) is 5.11 Å². The van der Waals surface area contributed by atoms with E-state index >= 15 is 0 Å². The van der Waals surface area contributed by atoms with Gasteiger partial charge in [0.2, 0.25) is 0 Å². The summed E-state index contributed by atoms with van der Waals surface area (Å²) in [6, 6.07) is 6.22. The molecule has 0 saturated carbocycles. The van der Waals surface area contributed by atoms with Crippen LogP contribution in [0.3, 0.4) is 0 Å². The van der Waals surface area contributed by atoms with Crippen molar-refractivity contribution in [1.29, 1.82) is 0 Å². The van der Waals surface area contributed by atoms with E-state index in [1.54, 1.807) is 0 Å². The Hall–Kier alpha value is -1.74. The monoisotopic (exact) mass is 243 g/mol. The molecule has 0 fully saturated rings. The molecular weight excluding hydrogens is 230 g/mol. The Bertz CT molecular complexity index is 743. The summed E-state index contributed by atoms with van der Waals surface area (Å²) in [4.78, 5) is 0. The third kappa shape index (κ3) is 1.39. The van der Waals surface area contributed by atoms with Gasteiger partial charge in [-0.05, 0) is 47.9 Å². The molecule has 0 bridgehead atoms. The van der Waals surface area contributed by atoms with Gasteiger partial charge in [-0.3, -0.25) is 0 Å². The Morgan fingerprint density at radius 3 is 2.53 bits per heavy atom. The molecule has 3 rings (SSSR count). The number of phenols is 1. The van der Waals surface area contributed by atoms with Gasteiger partial charge in [0.05, 0.1) is 10.4 Å². The van der Waals surface area contributed by atoms with Crippen molar-refractivity contribution in [2.45, 2.75) is 13.8 Å². The topological polar surface area (TPSA) is 46.2 Å². The van der Waals surface area contributed by atoms with E-state index < -0.39 is 0 Å². The third-order valence-electron chi connectivity index (χ3n) is 3.32. The second kappa shape index (κ2) is 3.37. The van der Waals surface area contributed by atoms with Crippen LogP contribution in [0.25, 0.3) is 21.5 Å². The van der Waals surface area contributed by atoms with Crippen molar-refractivity contribution < 1.29 is 5.11 Å². The van der Waals surface area contributed by atoms with Crippen LogP contribution in [0, 0.1) is 13.8 Å². The zero-order chi connectivity index (χ0) is 12.2. The average Bonchev–Trinajstić information content (AvgIpc) is 2.64. The minimum absolute atomic E-state index is 0.305. The fourth-order valence-electron chi connectivity index (χ4n) is 2.21. The second-order valence-electron chi connectivity index (χ2n) is 4.45. The van der Waals surface area contributed by atoms with Crippen molar-refractivity contribution in [3.63, 3.8) is 0 Å². The van der Waals surface area contributed by atoms with Crippen LogP contribution in [0.4, 0.5) is 5.00 Å². The summed E-state index contributed by atoms with van der Waals surface area (Å²) in [5, 5.41) is 16.7. The molecule has 0 aliphatic heterocycles. The van der Waals surface area contributed by atoms with Crippen LogP contribution in [0.5, 0.6) is 5.75 Å². The lowest BCUT2D eigenvalue weighted by atomic mass is 9.99. The number of phenolic OH excluding ortho intramolecular Hbond substituents is 1. The van der Waals surface area contributed by atoms with Gasteiger partial charge in [-0.1, -0.05) is 6.07 Å². The average molecular weight is 243 g/mol. The molecule has 0 spiro atoms.